The molecule has 0 aliphatic carbocycles. The number of rotatable bonds is 12. The van der Waals surface area contributed by atoms with E-state index in [-0.39, 0.29) is 0 Å². The lowest BCUT2D eigenvalue weighted by Crippen LogP contribution is -1.85. The third-order valence-corrected chi connectivity index (χ3v) is 22.6. The van der Waals surface area contributed by atoms with Gasteiger partial charge in [0.05, 0.1) is 46.0 Å². The van der Waals surface area contributed by atoms with Crippen LogP contribution in [-0.2, 0) is 0 Å². The molecular weight excluding hydrogens is 713 g/mol. The molecule has 4 aliphatic heterocycles. The molecule has 208 valence electrons. The SMILES string of the molecule is CC1=C(C)SC(=C2SC(SCCC#N)=C(SCCCSC3=C(SCCC#N)SC(=C4SC(C)=C(C)S4)S3)S2)S1. The highest BCUT2D eigenvalue weighted by Crippen LogP contribution is 2.65. The van der Waals surface area contributed by atoms with Gasteiger partial charge in [0.1, 0.15) is 0 Å². The average molecular weight is 739 g/mol. The summed E-state index contributed by atoms with van der Waals surface area (Å²) in [4.78, 5) is 5.64. The van der Waals surface area contributed by atoms with Gasteiger partial charge in [-0.3, -0.25) is 0 Å². The Morgan fingerprint density at radius 1 is 0.462 bits per heavy atom. The lowest BCUT2D eigenvalue weighted by molar-refractivity contribution is 1.13. The molecule has 0 unspecified atom stereocenters. The molecule has 0 fully saturated rings. The van der Waals surface area contributed by atoms with Crippen LogP contribution in [0.2, 0.25) is 0 Å². The van der Waals surface area contributed by atoms with Crippen LogP contribution >= 0.6 is 141 Å². The summed E-state index contributed by atoms with van der Waals surface area (Å²) in [6.07, 6.45) is 2.33. The highest BCUT2D eigenvalue weighted by Gasteiger charge is 2.30. The fourth-order valence-corrected chi connectivity index (χ4v) is 20.3. The molecule has 14 heteroatoms. The van der Waals surface area contributed by atoms with Gasteiger partial charge in [0.2, 0.25) is 0 Å². The van der Waals surface area contributed by atoms with E-state index in [9.17, 15) is 0 Å². The summed E-state index contributed by atoms with van der Waals surface area (Å²) < 4.78 is 11.2. The second kappa shape index (κ2) is 17.2. The van der Waals surface area contributed by atoms with E-state index < -0.39 is 0 Å². The van der Waals surface area contributed by atoms with Crippen molar-refractivity contribution in [3.8, 4) is 12.1 Å². The van der Waals surface area contributed by atoms with E-state index in [1.54, 1.807) is 0 Å². The van der Waals surface area contributed by atoms with Crippen molar-refractivity contribution in [3.63, 3.8) is 0 Å². The van der Waals surface area contributed by atoms with E-state index in [0.717, 1.165) is 29.4 Å². The molecule has 0 aromatic carbocycles. The fraction of sp³-hybridized carbons (Fsp3) is 0.440. The molecule has 0 atom stereocenters. The molecular formula is C25H26N2S12. The Kier molecular flexibility index (Phi) is 14.8. The maximum Gasteiger partial charge on any atom is 0.0717 e. The summed E-state index contributed by atoms with van der Waals surface area (Å²) in [6, 6.07) is 4.57. The molecule has 0 radical (unpaired) electrons. The average Bonchev–Trinajstić information content (AvgIpc) is 3.67. The van der Waals surface area contributed by atoms with Crippen molar-refractivity contribution in [2.75, 3.05) is 23.0 Å². The van der Waals surface area contributed by atoms with E-state index >= 15 is 0 Å². The summed E-state index contributed by atoms with van der Waals surface area (Å²) in [5.41, 5.74) is 0. The molecule has 4 rings (SSSR count). The maximum atomic E-state index is 9.01. The first kappa shape index (κ1) is 33.5. The minimum Gasteiger partial charge on any atom is -0.198 e. The molecule has 0 saturated heterocycles. The first-order chi connectivity index (χ1) is 18.9. The molecule has 0 aromatic rings. The molecule has 0 saturated carbocycles. The molecule has 4 aliphatic rings. The standard InChI is InChI=1S/C25H26N2S12/c1-14-15(2)33-22(32-14)24-36-18(28-10-5-8-26)20(38-24)30-12-7-13-31-21-19(29-11-6-9-27)37-25(39-21)23-34-16(3)17(4)35-23/h5-7,10-13H2,1-4H3. The van der Waals surface area contributed by atoms with Crippen LogP contribution in [-0.4, -0.2) is 23.0 Å². The molecule has 0 aromatic heterocycles. The van der Waals surface area contributed by atoms with Crippen LogP contribution in [0.3, 0.4) is 0 Å². The summed E-state index contributed by atoms with van der Waals surface area (Å²) in [6.45, 7) is 8.84. The normalized spacial score (nSPS) is 19.9. The zero-order valence-electron chi connectivity index (χ0n) is 21.7. The highest BCUT2D eigenvalue weighted by molar-refractivity contribution is 8.43. The number of thioether (sulfide) groups is 12. The Morgan fingerprint density at radius 3 is 1.05 bits per heavy atom. The Labute approximate surface area is 284 Å². The third-order valence-electron chi connectivity index (χ3n) is 5.03. The third kappa shape index (κ3) is 9.81. The second-order valence-corrected chi connectivity index (χ2v) is 23.4. The first-order valence-corrected chi connectivity index (χ1v) is 22.4. The van der Waals surface area contributed by atoms with Crippen LogP contribution in [0.4, 0.5) is 0 Å². The van der Waals surface area contributed by atoms with Crippen molar-refractivity contribution < 1.29 is 0 Å². The van der Waals surface area contributed by atoms with Gasteiger partial charge < -0.3 is 0 Å². The van der Waals surface area contributed by atoms with Crippen molar-refractivity contribution in [2.24, 2.45) is 0 Å². The van der Waals surface area contributed by atoms with Crippen LogP contribution in [0.15, 0.2) is 53.5 Å². The number of allylic oxidation sites excluding steroid dienone is 4. The number of hydrogen-bond acceptors (Lipinski definition) is 14. The van der Waals surface area contributed by atoms with Crippen molar-refractivity contribution >= 4 is 141 Å². The van der Waals surface area contributed by atoms with Crippen LogP contribution in [0, 0.1) is 22.7 Å². The van der Waals surface area contributed by atoms with Gasteiger partial charge in [-0.05, 0) is 65.2 Å². The van der Waals surface area contributed by atoms with Gasteiger partial charge in [-0.25, -0.2) is 0 Å². The minimum atomic E-state index is 0.590. The van der Waals surface area contributed by atoms with E-state index in [0.29, 0.717) is 12.8 Å². The van der Waals surface area contributed by atoms with Gasteiger partial charge in [0, 0.05) is 24.3 Å². The molecule has 0 amide bonds. The zero-order chi connectivity index (χ0) is 27.8. The summed E-state index contributed by atoms with van der Waals surface area (Å²) in [5, 5.41) is 18.0. The van der Waals surface area contributed by atoms with Crippen LogP contribution < -0.4 is 0 Å². The Bertz CT molecular complexity index is 1130. The monoisotopic (exact) mass is 738 g/mol. The van der Waals surface area contributed by atoms with E-state index in [4.69, 9.17) is 10.5 Å². The highest BCUT2D eigenvalue weighted by atomic mass is 32.3. The van der Waals surface area contributed by atoms with E-state index in [1.165, 1.54) is 53.5 Å². The minimum absolute atomic E-state index is 0.590. The van der Waals surface area contributed by atoms with E-state index in [1.807, 2.05) is 141 Å². The largest absolute Gasteiger partial charge is 0.198 e. The smallest absolute Gasteiger partial charge is 0.0717 e. The summed E-state index contributed by atoms with van der Waals surface area (Å²) >= 11 is 23.0. The van der Waals surface area contributed by atoms with Crippen LogP contribution in [0.25, 0.3) is 0 Å². The van der Waals surface area contributed by atoms with Crippen molar-refractivity contribution in [3.05, 3.63) is 53.5 Å². The molecule has 0 N–H and O–H groups in total. The van der Waals surface area contributed by atoms with Crippen molar-refractivity contribution in [1.29, 1.82) is 10.5 Å². The summed E-state index contributed by atoms with van der Waals surface area (Å²) in [7, 11) is 0. The van der Waals surface area contributed by atoms with Gasteiger partial charge in [-0.15, -0.1) is 47.0 Å². The first-order valence-electron chi connectivity index (χ1n) is 11.9. The van der Waals surface area contributed by atoms with Crippen molar-refractivity contribution in [1.82, 2.24) is 0 Å². The molecule has 0 spiro atoms. The predicted molar refractivity (Wildman–Crippen MR) is 200 cm³/mol. The second-order valence-electron chi connectivity index (χ2n) is 7.90. The number of nitriles is 2. The van der Waals surface area contributed by atoms with Gasteiger partial charge in [0.25, 0.3) is 0 Å². The van der Waals surface area contributed by atoms with Crippen LogP contribution in [0.5, 0.6) is 0 Å². The molecule has 2 nitrogen and oxygen atoms in total. The number of nitrogens with zero attached hydrogens (tertiary/aromatic N) is 2. The topological polar surface area (TPSA) is 47.6 Å². The zero-order valence-corrected chi connectivity index (χ0v) is 31.5. The Hall–Kier alpha value is 1.62. The molecule has 39 heavy (non-hydrogen) atoms. The van der Waals surface area contributed by atoms with Gasteiger partial charge >= 0.3 is 0 Å². The fourth-order valence-electron chi connectivity index (χ4n) is 2.88. The van der Waals surface area contributed by atoms with Gasteiger partial charge in [0.15, 0.2) is 0 Å². The summed E-state index contributed by atoms with van der Waals surface area (Å²) in [5.74, 6) is 3.91. The lowest BCUT2D eigenvalue weighted by atomic mass is 10.6. The van der Waals surface area contributed by atoms with Gasteiger partial charge in [-0.1, -0.05) is 94.1 Å². The molecule has 4 heterocycles. The predicted octanol–water partition coefficient (Wildman–Crippen LogP) is 13.1. The van der Waals surface area contributed by atoms with Crippen LogP contribution in [0.1, 0.15) is 47.0 Å². The Morgan fingerprint density at radius 2 is 0.744 bits per heavy atom. The quantitative estimate of drug-likeness (QED) is 0.178. The number of hydrogen-bond donors (Lipinski definition) is 0. The lowest BCUT2D eigenvalue weighted by Gasteiger charge is -2.06. The molecule has 0 bridgehead atoms. The van der Waals surface area contributed by atoms with Gasteiger partial charge in [-0.2, -0.15) is 10.5 Å². The Balaban J connectivity index is 1.31. The maximum absolute atomic E-state index is 9.01. The van der Waals surface area contributed by atoms with Crippen molar-refractivity contribution in [2.45, 2.75) is 47.0 Å². The van der Waals surface area contributed by atoms with E-state index in [2.05, 4.69) is 39.8 Å².